The molecule has 27 heavy (non-hydrogen) atoms. The minimum atomic E-state index is 0.0500. The molecule has 0 radical (unpaired) electrons. The number of rotatable bonds is 3. The van der Waals surface area contributed by atoms with E-state index in [0.717, 1.165) is 18.4 Å². The standard InChI is InChI=1S/C18H20ClN7O/c1-11-9-25(5-6-26(11)18(27)12-3-4-12)17-14(7-20)15(19)22-16(23-17)13-8-21-24(2)10-13/h8,10-12H,3-6,9H2,1-2H3/t11-/m1/s1. The topological polar surface area (TPSA) is 90.9 Å². The number of amides is 1. The molecule has 2 aromatic heterocycles. The maximum absolute atomic E-state index is 12.4. The first-order valence-corrected chi connectivity index (χ1v) is 9.37. The summed E-state index contributed by atoms with van der Waals surface area (Å²) in [4.78, 5) is 25.3. The Labute approximate surface area is 162 Å². The highest BCUT2D eigenvalue weighted by molar-refractivity contribution is 6.31. The highest BCUT2D eigenvalue weighted by Gasteiger charge is 2.38. The first kappa shape index (κ1) is 17.7. The van der Waals surface area contributed by atoms with Crippen molar-refractivity contribution in [1.82, 2.24) is 24.6 Å². The number of hydrogen-bond donors (Lipinski definition) is 0. The third-order valence-electron chi connectivity index (χ3n) is 5.06. The fraction of sp³-hybridized carbons (Fsp3) is 0.500. The van der Waals surface area contributed by atoms with Crippen molar-refractivity contribution >= 4 is 23.3 Å². The number of aryl methyl sites for hydroxylation is 1. The molecule has 2 fully saturated rings. The number of halogens is 1. The van der Waals surface area contributed by atoms with Gasteiger partial charge in [0.05, 0.1) is 11.8 Å². The Balaban J connectivity index is 1.63. The third kappa shape index (κ3) is 3.35. The van der Waals surface area contributed by atoms with Crippen LogP contribution >= 0.6 is 11.6 Å². The molecule has 1 amide bonds. The summed E-state index contributed by atoms with van der Waals surface area (Å²) in [7, 11) is 1.81. The van der Waals surface area contributed by atoms with Gasteiger partial charge < -0.3 is 9.80 Å². The van der Waals surface area contributed by atoms with Crippen LogP contribution in [0.15, 0.2) is 12.4 Å². The van der Waals surface area contributed by atoms with Crippen molar-refractivity contribution in [3.05, 3.63) is 23.1 Å². The number of anilines is 1. The van der Waals surface area contributed by atoms with Gasteiger partial charge in [-0.1, -0.05) is 11.6 Å². The number of aromatic nitrogens is 4. The van der Waals surface area contributed by atoms with Crippen LogP contribution in [0.4, 0.5) is 5.82 Å². The lowest BCUT2D eigenvalue weighted by Gasteiger charge is -2.40. The van der Waals surface area contributed by atoms with E-state index in [-0.39, 0.29) is 28.6 Å². The monoisotopic (exact) mass is 385 g/mol. The second-order valence-electron chi connectivity index (χ2n) is 7.15. The fourth-order valence-electron chi connectivity index (χ4n) is 3.46. The highest BCUT2D eigenvalue weighted by atomic mass is 35.5. The molecule has 1 saturated carbocycles. The van der Waals surface area contributed by atoms with Crippen LogP contribution in [0.1, 0.15) is 25.3 Å². The van der Waals surface area contributed by atoms with Crippen LogP contribution in [0, 0.1) is 17.2 Å². The number of nitriles is 1. The summed E-state index contributed by atoms with van der Waals surface area (Å²) < 4.78 is 1.66. The lowest BCUT2D eigenvalue weighted by atomic mass is 10.1. The molecule has 3 heterocycles. The Kier molecular flexibility index (Phi) is 4.48. The van der Waals surface area contributed by atoms with Gasteiger partial charge in [0.15, 0.2) is 16.8 Å². The smallest absolute Gasteiger partial charge is 0.226 e. The molecule has 4 rings (SSSR count). The van der Waals surface area contributed by atoms with E-state index in [1.54, 1.807) is 17.1 Å². The predicted molar refractivity (Wildman–Crippen MR) is 100 cm³/mol. The van der Waals surface area contributed by atoms with E-state index < -0.39 is 0 Å². The van der Waals surface area contributed by atoms with Crippen molar-refractivity contribution < 1.29 is 4.79 Å². The number of hydrogen-bond acceptors (Lipinski definition) is 6. The summed E-state index contributed by atoms with van der Waals surface area (Å²) in [6.45, 7) is 3.86. The van der Waals surface area contributed by atoms with Crippen molar-refractivity contribution in [2.24, 2.45) is 13.0 Å². The molecule has 0 unspecified atom stereocenters. The number of nitrogens with zero attached hydrogens (tertiary/aromatic N) is 7. The molecule has 0 bridgehead atoms. The molecule has 2 aliphatic rings. The Bertz CT molecular complexity index is 930. The van der Waals surface area contributed by atoms with Gasteiger partial charge in [-0.15, -0.1) is 0 Å². The van der Waals surface area contributed by atoms with Crippen LogP contribution in [0.25, 0.3) is 11.4 Å². The minimum absolute atomic E-state index is 0.0500. The fourth-order valence-corrected chi connectivity index (χ4v) is 3.66. The molecule has 1 saturated heterocycles. The molecule has 9 heteroatoms. The first-order chi connectivity index (χ1) is 13.0. The van der Waals surface area contributed by atoms with Crippen molar-refractivity contribution in [1.29, 1.82) is 5.26 Å². The molecular formula is C18H20ClN7O. The average molecular weight is 386 g/mol. The van der Waals surface area contributed by atoms with Crippen LogP contribution in [-0.2, 0) is 11.8 Å². The summed E-state index contributed by atoms with van der Waals surface area (Å²) in [5.41, 5.74) is 0.999. The Morgan fingerprint density at radius 3 is 2.70 bits per heavy atom. The molecule has 140 valence electrons. The van der Waals surface area contributed by atoms with E-state index in [4.69, 9.17) is 11.6 Å². The van der Waals surface area contributed by atoms with Gasteiger partial charge in [-0.3, -0.25) is 9.48 Å². The molecule has 0 N–H and O–H groups in total. The molecule has 2 aromatic rings. The average Bonchev–Trinajstić information content (AvgIpc) is 3.41. The Morgan fingerprint density at radius 1 is 1.33 bits per heavy atom. The lowest BCUT2D eigenvalue weighted by molar-refractivity contribution is -0.134. The summed E-state index contributed by atoms with van der Waals surface area (Å²) in [5, 5.41) is 13.8. The molecule has 0 spiro atoms. The zero-order chi connectivity index (χ0) is 19.1. The quantitative estimate of drug-likeness (QED) is 0.749. The van der Waals surface area contributed by atoms with Gasteiger partial charge in [0.25, 0.3) is 0 Å². The molecule has 0 aromatic carbocycles. The van der Waals surface area contributed by atoms with Gasteiger partial charge in [-0.05, 0) is 19.8 Å². The second kappa shape index (κ2) is 6.82. The second-order valence-corrected chi connectivity index (χ2v) is 7.51. The summed E-state index contributed by atoms with van der Waals surface area (Å²) in [6, 6.07) is 2.17. The maximum Gasteiger partial charge on any atom is 0.226 e. The van der Waals surface area contributed by atoms with Crippen LogP contribution in [0.5, 0.6) is 0 Å². The van der Waals surface area contributed by atoms with Crippen molar-refractivity contribution in [2.75, 3.05) is 24.5 Å². The van der Waals surface area contributed by atoms with Crippen molar-refractivity contribution in [3.63, 3.8) is 0 Å². The van der Waals surface area contributed by atoms with Gasteiger partial charge in [0, 0.05) is 44.8 Å². The SMILES string of the molecule is C[C@@H]1CN(c2nc(-c3cnn(C)c3)nc(Cl)c2C#N)CCN1C(=O)C1CC1. The first-order valence-electron chi connectivity index (χ1n) is 9.00. The zero-order valence-electron chi connectivity index (χ0n) is 15.3. The minimum Gasteiger partial charge on any atom is -0.352 e. The summed E-state index contributed by atoms with van der Waals surface area (Å²) >= 11 is 6.28. The summed E-state index contributed by atoms with van der Waals surface area (Å²) in [6.07, 6.45) is 5.47. The van der Waals surface area contributed by atoms with E-state index >= 15 is 0 Å². The lowest BCUT2D eigenvalue weighted by Crippen LogP contribution is -2.54. The molecular weight excluding hydrogens is 366 g/mol. The van der Waals surface area contributed by atoms with Crippen molar-refractivity contribution in [2.45, 2.75) is 25.8 Å². The van der Waals surface area contributed by atoms with E-state index in [0.29, 0.717) is 31.3 Å². The van der Waals surface area contributed by atoms with Crippen LogP contribution in [0.3, 0.4) is 0 Å². The van der Waals surface area contributed by atoms with Crippen LogP contribution < -0.4 is 4.90 Å². The maximum atomic E-state index is 12.4. The summed E-state index contributed by atoms with van der Waals surface area (Å²) in [5.74, 6) is 1.41. The highest BCUT2D eigenvalue weighted by Crippen LogP contribution is 2.33. The van der Waals surface area contributed by atoms with E-state index in [1.807, 2.05) is 23.8 Å². The van der Waals surface area contributed by atoms with Gasteiger partial charge >= 0.3 is 0 Å². The van der Waals surface area contributed by atoms with Gasteiger partial charge in [0.2, 0.25) is 5.91 Å². The Morgan fingerprint density at radius 2 is 2.11 bits per heavy atom. The molecule has 8 nitrogen and oxygen atoms in total. The van der Waals surface area contributed by atoms with Crippen LogP contribution in [0.2, 0.25) is 5.15 Å². The Hall–Kier alpha value is -2.66. The third-order valence-corrected chi connectivity index (χ3v) is 5.33. The number of carbonyl (C=O) groups excluding carboxylic acids is 1. The largest absolute Gasteiger partial charge is 0.352 e. The van der Waals surface area contributed by atoms with E-state index in [1.165, 1.54) is 0 Å². The normalized spacial score (nSPS) is 19.9. The predicted octanol–water partition coefficient (Wildman–Crippen LogP) is 1.85. The zero-order valence-corrected chi connectivity index (χ0v) is 16.0. The van der Waals surface area contributed by atoms with Crippen LogP contribution in [-0.4, -0.2) is 56.2 Å². The van der Waals surface area contributed by atoms with Gasteiger partial charge in [-0.25, -0.2) is 9.97 Å². The van der Waals surface area contributed by atoms with E-state index in [2.05, 4.69) is 21.1 Å². The molecule has 1 aliphatic carbocycles. The molecule has 1 atom stereocenters. The van der Waals surface area contributed by atoms with Crippen molar-refractivity contribution in [3.8, 4) is 17.5 Å². The van der Waals surface area contributed by atoms with Gasteiger partial charge in [-0.2, -0.15) is 10.4 Å². The van der Waals surface area contributed by atoms with Gasteiger partial charge in [0.1, 0.15) is 11.6 Å². The number of piperazine rings is 1. The molecule has 1 aliphatic heterocycles. The van der Waals surface area contributed by atoms with E-state index in [9.17, 15) is 10.1 Å². The number of carbonyl (C=O) groups is 1.